The summed E-state index contributed by atoms with van der Waals surface area (Å²) in [5, 5.41) is 9.23. The highest BCUT2D eigenvalue weighted by Crippen LogP contribution is 2.24. The van der Waals surface area contributed by atoms with Crippen LogP contribution in [0, 0.1) is 0 Å². The first-order chi connectivity index (χ1) is 9.58. The molecule has 0 aliphatic carbocycles. The second-order valence-corrected chi connectivity index (χ2v) is 3.93. The van der Waals surface area contributed by atoms with Crippen molar-refractivity contribution in [3.63, 3.8) is 0 Å². The summed E-state index contributed by atoms with van der Waals surface area (Å²) in [7, 11) is 0. The molecular formula is C13H12N2O5. The van der Waals surface area contributed by atoms with Crippen LogP contribution >= 0.6 is 0 Å². The molecule has 2 aliphatic heterocycles. The molecule has 1 aromatic rings. The summed E-state index contributed by atoms with van der Waals surface area (Å²) in [5.74, 6) is -0.686. The minimum atomic E-state index is -0.609. The number of anilines is 1. The zero-order valence-electron chi connectivity index (χ0n) is 10.4. The predicted octanol–water partition coefficient (Wildman–Crippen LogP) is 0.502. The first-order valence-corrected chi connectivity index (χ1v) is 5.71. The third-order valence-corrected chi connectivity index (χ3v) is 2.50. The van der Waals surface area contributed by atoms with Gasteiger partial charge in [0, 0.05) is 17.8 Å². The van der Waals surface area contributed by atoms with Gasteiger partial charge < -0.3 is 20.3 Å². The van der Waals surface area contributed by atoms with E-state index in [1.54, 1.807) is 12.3 Å². The Kier molecular flexibility index (Phi) is 3.99. The summed E-state index contributed by atoms with van der Waals surface area (Å²) < 4.78 is 9.14. The minimum Gasteiger partial charge on any atom is -0.508 e. The lowest BCUT2D eigenvalue weighted by molar-refractivity contribution is -0.137. The van der Waals surface area contributed by atoms with E-state index in [1.807, 2.05) is 12.1 Å². The maximum Gasteiger partial charge on any atom is 0.342 e. The molecule has 0 spiro atoms. The zero-order chi connectivity index (χ0) is 14.5. The first-order valence-electron chi connectivity index (χ1n) is 5.71. The fourth-order valence-electron chi connectivity index (χ4n) is 1.61. The summed E-state index contributed by atoms with van der Waals surface area (Å²) in [6.45, 7) is -0.104. The molecule has 3 rings (SSSR count). The Morgan fingerprint density at radius 2 is 2.00 bits per heavy atom. The third kappa shape index (κ3) is 3.14. The first kappa shape index (κ1) is 13.6. The molecule has 0 fully saturated rings. The van der Waals surface area contributed by atoms with Gasteiger partial charge in [-0.15, -0.1) is 0 Å². The monoisotopic (exact) mass is 276 g/mol. The summed E-state index contributed by atoms with van der Waals surface area (Å²) in [6.07, 6.45) is 2.84. The number of nitrogens with zero attached hydrogens (tertiary/aromatic N) is 1. The van der Waals surface area contributed by atoms with E-state index >= 15 is 0 Å². The molecule has 3 N–H and O–H groups in total. The predicted molar refractivity (Wildman–Crippen MR) is 68.3 cm³/mol. The van der Waals surface area contributed by atoms with E-state index in [0.29, 0.717) is 11.4 Å². The topological polar surface area (TPSA) is 112 Å². The molecule has 0 atom stereocenters. The minimum absolute atomic E-state index is 0.0212. The van der Waals surface area contributed by atoms with E-state index < -0.39 is 11.9 Å². The Balaban J connectivity index is 0.000000178. The SMILES string of the molecule is Nc1ccccn1.O=C1C=C(C2=C(O)COC2=O)CO1. The molecule has 2 aliphatic rings. The van der Waals surface area contributed by atoms with Gasteiger partial charge in [0.25, 0.3) is 0 Å². The van der Waals surface area contributed by atoms with Crippen LogP contribution in [-0.2, 0) is 19.1 Å². The number of aliphatic hydroxyl groups excluding tert-OH is 1. The Morgan fingerprint density at radius 3 is 2.40 bits per heavy atom. The number of nitrogen functional groups attached to an aromatic ring is 1. The number of aromatic nitrogens is 1. The highest BCUT2D eigenvalue weighted by atomic mass is 16.6. The normalized spacial score (nSPS) is 17.1. The average molecular weight is 276 g/mol. The number of carbonyl (C=O) groups is 2. The molecule has 0 unspecified atom stereocenters. The van der Waals surface area contributed by atoms with Crippen molar-refractivity contribution in [2.45, 2.75) is 0 Å². The molecule has 7 nitrogen and oxygen atoms in total. The number of hydrogen-bond donors (Lipinski definition) is 2. The van der Waals surface area contributed by atoms with Crippen LogP contribution in [0.25, 0.3) is 0 Å². The van der Waals surface area contributed by atoms with Crippen LogP contribution in [0.2, 0.25) is 0 Å². The maximum atomic E-state index is 11.0. The summed E-state index contributed by atoms with van der Waals surface area (Å²) in [5.41, 5.74) is 5.69. The maximum absolute atomic E-state index is 11.0. The van der Waals surface area contributed by atoms with E-state index in [0.717, 1.165) is 0 Å². The fourth-order valence-corrected chi connectivity index (χ4v) is 1.61. The van der Waals surface area contributed by atoms with Gasteiger partial charge in [-0.3, -0.25) is 0 Å². The number of ether oxygens (including phenoxy) is 2. The lowest BCUT2D eigenvalue weighted by Crippen LogP contribution is -2.03. The number of carbonyl (C=O) groups excluding carboxylic acids is 2. The number of cyclic esters (lactones) is 2. The number of hydrogen-bond acceptors (Lipinski definition) is 7. The van der Waals surface area contributed by atoms with Crippen LogP contribution in [0.5, 0.6) is 0 Å². The molecular weight excluding hydrogens is 264 g/mol. The van der Waals surface area contributed by atoms with E-state index in [-0.39, 0.29) is 24.5 Å². The van der Waals surface area contributed by atoms with Crippen LogP contribution in [0.4, 0.5) is 5.82 Å². The van der Waals surface area contributed by atoms with Crippen molar-refractivity contribution < 1.29 is 24.2 Å². The Bertz CT molecular complexity index is 592. The van der Waals surface area contributed by atoms with Crippen molar-refractivity contribution in [1.29, 1.82) is 0 Å². The highest BCUT2D eigenvalue weighted by molar-refractivity contribution is 5.99. The van der Waals surface area contributed by atoms with Crippen molar-refractivity contribution in [1.82, 2.24) is 4.98 Å². The largest absolute Gasteiger partial charge is 0.508 e. The Labute approximate surface area is 114 Å². The van der Waals surface area contributed by atoms with Gasteiger partial charge in [-0.1, -0.05) is 6.07 Å². The van der Waals surface area contributed by atoms with Gasteiger partial charge in [-0.25, -0.2) is 14.6 Å². The second kappa shape index (κ2) is 5.87. The molecule has 1 aromatic heterocycles. The van der Waals surface area contributed by atoms with Gasteiger partial charge in [-0.2, -0.15) is 0 Å². The molecule has 0 radical (unpaired) electrons. The molecule has 0 amide bonds. The zero-order valence-corrected chi connectivity index (χ0v) is 10.4. The van der Waals surface area contributed by atoms with Crippen LogP contribution in [-0.4, -0.2) is 35.2 Å². The molecule has 0 bridgehead atoms. The van der Waals surface area contributed by atoms with Gasteiger partial charge in [0.2, 0.25) is 0 Å². The lowest BCUT2D eigenvalue weighted by atomic mass is 10.1. The smallest absolute Gasteiger partial charge is 0.342 e. The van der Waals surface area contributed by atoms with Crippen molar-refractivity contribution in [3.8, 4) is 0 Å². The highest BCUT2D eigenvalue weighted by Gasteiger charge is 2.31. The fraction of sp³-hybridized carbons (Fsp3) is 0.154. The number of aliphatic hydroxyl groups is 1. The molecule has 104 valence electrons. The standard InChI is InChI=1S/C8H6O5.C5H6N2/c9-5-3-13-8(11)7(5)4-1-6(10)12-2-4;6-5-3-1-2-4-7-5/h1,9H,2-3H2;1-4H,(H2,6,7). The van der Waals surface area contributed by atoms with Crippen LogP contribution < -0.4 is 5.73 Å². The van der Waals surface area contributed by atoms with Crippen molar-refractivity contribution in [3.05, 3.63) is 47.4 Å². The van der Waals surface area contributed by atoms with E-state index in [4.69, 9.17) is 5.73 Å². The molecule has 0 saturated carbocycles. The number of esters is 2. The summed E-state index contributed by atoms with van der Waals surface area (Å²) in [4.78, 5) is 25.5. The van der Waals surface area contributed by atoms with Crippen molar-refractivity contribution >= 4 is 17.8 Å². The molecule has 20 heavy (non-hydrogen) atoms. The van der Waals surface area contributed by atoms with E-state index in [2.05, 4.69) is 14.5 Å². The molecule has 7 heteroatoms. The van der Waals surface area contributed by atoms with Crippen LogP contribution in [0.1, 0.15) is 0 Å². The number of rotatable bonds is 1. The van der Waals surface area contributed by atoms with Gasteiger partial charge in [0.1, 0.15) is 30.4 Å². The molecule has 0 saturated heterocycles. The Morgan fingerprint density at radius 1 is 1.20 bits per heavy atom. The number of pyridine rings is 1. The summed E-state index contributed by atoms with van der Waals surface area (Å²) in [6, 6.07) is 5.43. The third-order valence-electron chi connectivity index (χ3n) is 2.50. The number of nitrogens with two attached hydrogens (primary N) is 1. The Hall–Kier alpha value is -2.83. The second-order valence-electron chi connectivity index (χ2n) is 3.93. The van der Waals surface area contributed by atoms with E-state index in [1.165, 1.54) is 6.08 Å². The molecule has 0 aromatic carbocycles. The average Bonchev–Trinajstić information content (AvgIpc) is 2.98. The summed E-state index contributed by atoms with van der Waals surface area (Å²) >= 11 is 0. The van der Waals surface area contributed by atoms with Gasteiger partial charge in [0.15, 0.2) is 0 Å². The van der Waals surface area contributed by atoms with Crippen molar-refractivity contribution in [2.24, 2.45) is 0 Å². The quantitative estimate of drug-likeness (QED) is 0.718. The van der Waals surface area contributed by atoms with Crippen LogP contribution in [0.3, 0.4) is 0 Å². The van der Waals surface area contributed by atoms with Gasteiger partial charge in [-0.05, 0) is 12.1 Å². The van der Waals surface area contributed by atoms with E-state index in [9.17, 15) is 14.7 Å². The van der Waals surface area contributed by atoms with Gasteiger partial charge in [0.05, 0.1) is 0 Å². The lowest BCUT2D eigenvalue weighted by Gasteiger charge is -1.97. The molecule has 3 heterocycles. The van der Waals surface area contributed by atoms with Crippen molar-refractivity contribution in [2.75, 3.05) is 18.9 Å². The van der Waals surface area contributed by atoms with Crippen LogP contribution in [0.15, 0.2) is 47.4 Å². The van der Waals surface area contributed by atoms with Gasteiger partial charge >= 0.3 is 11.9 Å².